The fourth-order valence-corrected chi connectivity index (χ4v) is 4.23. The highest BCUT2D eigenvalue weighted by molar-refractivity contribution is 9.10. The number of rotatable bonds is 4. The summed E-state index contributed by atoms with van der Waals surface area (Å²) in [6.45, 7) is 2.17. The lowest BCUT2D eigenvalue weighted by Crippen LogP contribution is -2.35. The van der Waals surface area contributed by atoms with Gasteiger partial charge in [0.15, 0.2) is 0 Å². The number of nitrogens with zero attached hydrogens (tertiary/aromatic N) is 3. The van der Waals surface area contributed by atoms with Crippen LogP contribution in [0.4, 0.5) is 5.69 Å². The molecule has 1 aliphatic heterocycles. The minimum absolute atomic E-state index is 0.0739. The van der Waals surface area contributed by atoms with Gasteiger partial charge < -0.3 is 10.7 Å². The lowest BCUT2D eigenvalue weighted by atomic mass is 10.1. The Kier molecular flexibility index (Phi) is 5.59. The van der Waals surface area contributed by atoms with Crippen LogP contribution in [0.1, 0.15) is 16.8 Å². The van der Waals surface area contributed by atoms with Crippen LogP contribution in [-0.2, 0) is 19.5 Å². The Labute approximate surface area is 194 Å². The fourth-order valence-electron chi connectivity index (χ4n) is 3.96. The van der Waals surface area contributed by atoms with Crippen LogP contribution < -0.4 is 11.3 Å². The van der Waals surface area contributed by atoms with E-state index in [0.29, 0.717) is 18.1 Å². The largest absolute Gasteiger partial charge is 0.399 e. The Morgan fingerprint density at radius 3 is 2.47 bits per heavy atom. The van der Waals surface area contributed by atoms with Crippen LogP contribution >= 0.6 is 15.9 Å². The first kappa shape index (κ1) is 20.6. The SMILES string of the molecule is Nc1ccc(-c2nc3c(c(=O)[nH]2)CN(Cc2ccc(-c4ccc(Br)cc4)nc2)CC3)cc1. The molecule has 0 bridgehead atoms. The van der Waals surface area contributed by atoms with E-state index >= 15 is 0 Å². The van der Waals surface area contributed by atoms with Gasteiger partial charge in [0, 0.05) is 53.5 Å². The summed E-state index contributed by atoms with van der Waals surface area (Å²) in [6, 6.07) is 19.6. The van der Waals surface area contributed by atoms with Gasteiger partial charge in [-0.25, -0.2) is 4.98 Å². The van der Waals surface area contributed by atoms with Gasteiger partial charge in [0.2, 0.25) is 0 Å². The molecule has 0 fully saturated rings. The van der Waals surface area contributed by atoms with E-state index in [4.69, 9.17) is 10.7 Å². The first-order valence-electron chi connectivity index (χ1n) is 10.5. The Balaban J connectivity index is 1.30. The first-order chi connectivity index (χ1) is 15.5. The number of H-pyrrole nitrogens is 1. The van der Waals surface area contributed by atoms with Crippen LogP contribution in [0.25, 0.3) is 22.6 Å². The molecule has 0 saturated heterocycles. The summed E-state index contributed by atoms with van der Waals surface area (Å²) in [7, 11) is 0. The number of nitrogens with two attached hydrogens (primary N) is 1. The smallest absolute Gasteiger partial charge is 0.255 e. The van der Waals surface area contributed by atoms with Gasteiger partial charge in [-0.05, 0) is 48.0 Å². The third-order valence-electron chi connectivity index (χ3n) is 5.70. The van der Waals surface area contributed by atoms with Crippen LogP contribution in [0.2, 0.25) is 0 Å². The molecule has 4 aromatic rings. The topological polar surface area (TPSA) is 87.9 Å². The highest BCUT2D eigenvalue weighted by Crippen LogP contribution is 2.23. The number of halogens is 1. The van der Waals surface area contributed by atoms with E-state index in [1.54, 1.807) is 0 Å². The highest BCUT2D eigenvalue weighted by Gasteiger charge is 2.21. The minimum atomic E-state index is -0.0739. The molecule has 0 radical (unpaired) electrons. The Hall–Kier alpha value is -3.29. The molecule has 0 unspecified atom stereocenters. The van der Waals surface area contributed by atoms with Gasteiger partial charge in [-0.2, -0.15) is 0 Å². The summed E-state index contributed by atoms with van der Waals surface area (Å²) in [5.74, 6) is 0.593. The van der Waals surface area contributed by atoms with E-state index in [2.05, 4.69) is 36.9 Å². The molecule has 6 nitrogen and oxygen atoms in total. The predicted molar refractivity (Wildman–Crippen MR) is 130 cm³/mol. The number of benzene rings is 2. The van der Waals surface area contributed by atoms with Crippen LogP contribution in [0.15, 0.2) is 76.1 Å². The van der Waals surface area contributed by atoms with Crippen molar-refractivity contribution in [2.24, 2.45) is 0 Å². The molecule has 2 aromatic carbocycles. The maximum absolute atomic E-state index is 12.8. The molecule has 2 aromatic heterocycles. The molecule has 3 heterocycles. The monoisotopic (exact) mass is 487 g/mol. The van der Waals surface area contributed by atoms with Gasteiger partial charge in [0.25, 0.3) is 5.56 Å². The molecule has 0 atom stereocenters. The van der Waals surface area contributed by atoms with Crippen molar-refractivity contribution in [2.75, 3.05) is 12.3 Å². The molecule has 5 rings (SSSR count). The molecule has 7 heteroatoms. The summed E-state index contributed by atoms with van der Waals surface area (Å²) < 4.78 is 1.05. The summed E-state index contributed by atoms with van der Waals surface area (Å²) in [4.78, 5) is 27.3. The van der Waals surface area contributed by atoms with Crippen molar-refractivity contribution in [3.05, 3.63) is 98.5 Å². The number of aromatic amines is 1. The molecule has 0 amide bonds. The van der Waals surface area contributed by atoms with Gasteiger partial charge in [0.05, 0.1) is 17.0 Å². The molecular weight excluding hydrogens is 466 g/mol. The second kappa shape index (κ2) is 8.68. The van der Waals surface area contributed by atoms with Crippen molar-refractivity contribution in [3.8, 4) is 22.6 Å². The Morgan fingerprint density at radius 1 is 1.00 bits per heavy atom. The Morgan fingerprint density at radius 2 is 1.75 bits per heavy atom. The van der Waals surface area contributed by atoms with Crippen LogP contribution in [0.5, 0.6) is 0 Å². The van der Waals surface area contributed by atoms with Crippen molar-refractivity contribution in [3.63, 3.8) is 0 Å². The first-order valence-corrected chi connectivity index (χ1v) is 11.3. The standard InChI is InChI=1S/C25H22BrN5O/c26-19-6-2-17(3-7-19)22-10-1-16(13-28-22)14-31-12-11-23-21(15-31)25(32)30-24(29-23)18-4-8-20(27)9-5-18/h1-10,13H,11-12,14-15,27H2,(H,29,30,32). The van der Waals surface area contributed by atoms with E-state index < -0.39 is 0 Å². The van der Waals surface area contributed by atoms with Crippen LogP contribution in [-0.4, -0.2) is 26.4 Å². The lowest BCUT2D eigenvalue weighted by Gasteiger charge is -2.27. The number of anilines is 1. The number of aromatic nitrogens is 3. The summed E-state index contributed by atoms with van der Waals surface area (Å²) in [5, 5.41) is 0. The molecular formula is C25H22BrN5O. The zero-order valence-electron chi connectivity index (χ0n) is 17.4. The molecule has 160 valence electrons. The van der Waals surface area contributed by atoms with Gasteiger partial charge in [0.1, 0.15) is 5.82 Å². The summed E-state index contributed by atoms with van der Waals surface area (Å²) in [6.07, 6.45) is 2.66. The van der Waals surface area contributed by atoms with E-state index in [1.165, 1.54) is 0 Å². The average molecular weight is 488 g/mol. The lowest BCUT2D eigenvalue weighted by molar-refractivity contribution is 0.241. The third-order valence-corrected chi connectivity index (χ3v) is 6.23. The maximum Gasteiger partial charge on any atom is 0.255 e. The van der Waals surface area contributed by atoms with Crippen molar-refractivity contribution in [2.45, 2.75) is 19.5 Å². The highest BCUT2D eigenvalue weighted by atomic mass is 79.9. The van der Waals surface area contributed by atoms with Crippen molar-refractivity contribution < 1.29 is 0 Å². The van der Waals surface area contributed by atoms with Crippen LogP contribution in [0.3, 0.4) is 0 Å². The third kappa shape index (κ3) is 4.35. The molecule has 0 spiro atoms. The molecule has 3 N–H and O–H groups in total. The van der Waals surface area contributed by atoms with Crippen molar-refractivity contribution >= 4 is 21.6 Å². The van der Waals surface area contributed by atoms with E-state index in [9.17, 15) is 4.79 Å². The zero-order chi connectivity index (χ0) is 22.1. The number of hydrogen-bond acceptors (Lipinski definition) is 5. The van der Waals surface area contributed by atoms with E-state index in [1.807, 2.05) is 60.8 Å². The van der Waals surface area contributed by atoms with Crippen LogP contribution in [0, 0.1) is 0 Å². The van der Waals surface area contributed by atoms with Gasteiger partial charge >= 0.3 is 0 Å². The van der Waals surface area contributed by atoms with E-state index in [-0.39, 0.29) is 5.56 Å². The number of nitrogens with one attached hydrogen (secondary N) is 1. The van der Waals surface area contributed by atoms with Crippen molar-refractivity contribution in [1.82, 2.24) is 19.9 Å². The van der Waals surface area contributed by atoms with Gasteiger partial charge in [-0.15, -0.1) is 0 Å². The number of fused-ring (bicyclic) bond motifs is 1. The second-order valence-electron chi connectivity index (χ2n) is 7.98. The minimum Gasteiger partial charge on any atom is -0.399 e. The quantitative estimate of drug-likeness (QED) is 0.416. The zero-order valence-corrected chi connectivity index (χ0v) is 19.0. The number of hydrogen-bond donors (Lipinski definition) is 2. The second-order valence-corrected chi connectivity index (χ2v) is 8.90. The maximum atomic E-state index is 12.8. The van der Waals surface area contributed by atoms with Gasteiger partial charge in [-0.3, -0.25) is 14.7 Å². The van der Waals surface area contributed by atoms with E-state index in [0.717, 1.165) is 57.6 Å². The van der Waals surface area contributed by atoms with Crippen molar-refractivity contribution in [1.29, 1.82) is 0 Å². The average Bonchev–Trinajstić information content (AvgIpc) is 2.81. The predicted octanol–water partition coefficient (Wildman–Crippen LogP) is 4.40. The fraction of sp³-hybridized carbons (Fsp3) is 0.160. The number of nitrogen functional groups attached to an aromatic ring is 1. The number of pyridine rings is 1. The Bertz CT molecular complexity index is 1300. The summed E-state index contributed by atoms with van der Waals surface area (Å²) in [5.41, 5.74) is 12.0. The normalized spacial score (nSPS) is 13.7. The summed E-state index contributed by atoms with van der Waals surface area (Å²) >= 11 is 3.46. The molecule has 0 aliphatic carbocycles. The molecule has 32 heavy (non-hydrogen) atoms. The van der Waals surface area contributed by atoms with Gasteiger partial charge in [-0.1, -0.05) is 34.1 Å². The molecule has 0 saturated carbocycles. The molecule has 1 aliphatic rings.